The molecule has 0 atom stereocenters. The molecule has 0 fully saturated rings. The monoisotopic (exact) mass is 228 g/mol. The number of furan rings is 1. The molecule has 0 radical (unpaired) electrons. The Balaban J connectivity index is 2.07. The highest BCUT2D eigenvalue weighted by Gasteiger charge is 2.12. The smallest absolute Gasteiger partial charge is 0.230 e. The van der Waals surface area contributed by atoms with Crippen LogP contribution in [0.4, 0.5) is 0 Å². The number of hydrogen-bond donors (Lipinski definition) is 1. The van der Waals surface area contributed by atoms with Crippen LogP contribution >= 0.6 is 0 Å². The Bertz CT molecular complexity index is 639. The van der Waals surface area contributed by atoms with Crippen LogP contribution < -0.4 is 5.32 Å². The van der Waals surface area contributed by atoms with Crippen LogP contribution in [0, 0.1) is 0 Å². The molecule has 0 saturated heterocycles. The fourth-order valence-electron chi connectivity index (χ4n) is 1.84. The van der Waals surface area contributed by atoms with Crippen LogP contribution in [0.2, 0.25) is 0 Å². The molecule has 0 aliphatic heterocycles. The molecule has 3 rings (SSSR count). The number of para-hydroxylation sites is 1. The minimum atomic E-state index is 0.597. The van der Waals surface area contributed by atoms with Gasteiger partial charge in [-0.05, 0) is 13.1 Å². The maximum Gasteiger partial charge on any atom is 0.230 e. The highest BCUT2D eigenvalue weighted by molar-refractivity contribution is 5.91. The molecule has 1 N–H and O–H groups in total. The second kappa shape index (κ2) is 4.07. The third-order valence-corrected chi connectivity index (χ3v) is 2.62. The van der Waals surface area contributed by atoms with Crippen LogP contribution in [-0.4, -0.2) is 12.0 Å². The maximum absolute atomic E-state index is 5.46. The molecule has 0 saturated carbocycles. The second-order valence-corrected chi connectivity index (χ2v) is 3.82. The van der Waals surface area contributed by atoms with Gasteiger partial charge in [0.1, 0.15) is 18.1 Å². The molecule has 4 heteroatoms. The van der Waals surface area contributed by atoms with E-state index >= 15 is 0 Å². The summed E-state index contributed by atoms with van der Waals surface area (Å²) in [5, 5.41) is 4.05. The van der Waals surface area contributed by atoms with E-state index in [2.05, 4.69) is 10.3 Å². The standard InChI is InChI=1S/C13H12N2O2/c1-14-6-9-7-17-13(15-9)11-8-16-12-5-3-2-4-10(11)12/h2-5,7-8,14H,6H2,1H3. The van der Waals surface area contributed by atoms with Gasteiger partial charge in [0.15, 0.2) is 0 Å². The van der Waals surface area contributed by atoms with E-state index in [0.29, 0.717) is 12.4 Å². The van der Waals surface area contributed by atoms with Crippen LogP contribution in [-0.2, 0) is 6.54 Å². The Hall–Kier alpha value is -2.07. The molecular weight excluding hydrogens is 216 g/mol. The number of oxazole rings is 1. The van der Waals surface area contributed by atoms with Crippen molar-refractivity contribution in [2.24, 2.45) is 0 Å². The van der Waals surface area contributed by atoms with E-state index in [-0.39, 0.29) is 0 Å². The summed E-state index contributed by atoms with van der Waals surface area (Å²) in [7, 11) is 1.88. The third-order valence-electron chi connectivity index (χ3n) is 2.62. The van der Waals surface area contributed by atoms with Crippen LogP contribution in [0.25, 0.3) is 22.4 Å². The van der Waals surface area contributed by atoms with Crippen molar-refractivity contribution in [1.82, 2.24) is 10.3 Å². The van der Waals surface area contributed by atoms with Gasteiger partial charge in [-0.3, -0.25) is 0 Å². The van der Waals surface area contributed by atoms with Gasteiger partial charge in [-0.1, -0.05) is 18.2 Å². The van der Waals surface area contributed by atoms with Gasteiger partial charge in [-0.25, -0.2) is 4.98 Å². The molecule has 0 bridgehead atoms. The van der Waals surface area contributed by atoms with E-state index in [1.807, 2.05) is 31.3 Å². The summed E-state index contributed by atoms with van der Waals surface area (Å²) in [6.07, 6.45) is 3.34. The quantitative estimate of drug-likeness (QED) is 0.748. The summed E-state index contributed by atoms with van der Waals surface area (Å²) in [5.41, 5.74) is 2.62. The van der Waals surface area contributed by atoms with Crippen LogP contribution in [0.15, 0.2) is 45.6 Å². The van der Waals surface area contributed by atoms with Gasteiger partial charge >= 0.3 is 0 Å². The summed E-state index contributed by atoms with van der Waals surface area (Å²) >= 11 is 0. The Morgan fingerprint density at radius 1 is 1.18 bits per heavy atom. The van der Waals surface area contributed by atoms with Gasteiger partial charge in [0, 0.05) is 11.9 Å². The van der Waals surface area contributed by atoms with Gasteiger partial charge in [-0.2, -0.15) is 0 Å². The Kier molecular flexibility index (Phi) is 2.42. The lowest BCUT2D eigenvalue weighted by atomic mass is 10.2. The van der Waals surface area contributed by atoms with Crippen molar-refractivity contribution in [2.45, 2.75) is 6.54 Å². The average Bonchev–Trinajstić information content (AvgIpc) is 2.95. The lowest BCUT2D eigenvalue weighted by Gasteiger charge is -1.91. The summed E-state index contributed by atoms with van der Waals surface area (Å²) in [6, 6.07) is 7.84. The van der Waals surface area contributed by atoms with E-state index in [9.17, 15) is 0 Å². The average molecular weight is 228 g/mol. The molecule has 0 aliphatic carbocycles. The van der Waals surface area contributed by atoms with Gasteiger partial charge in [0.2, 0.25) is 5.89 Å². The normalized spacial score (nSPS) is 11.1. The van der Waals surface area contributed by atoms with E-state index in [1.54, 1.807) is 12.5 Å². The first-order valence-corrected chi connectivity index (χ1v) is 5.44. The van der Waals surface area contributed by atoms with E-state index in [4.69, 9.17) is 8.83 Å². The zero-order valence-electron chi connectivity index (χ0n) is 9.43. The molecule has 0 aliphatic rings. The van der Waals surface area contributed by atoms with Crippen LogP contribution in [0.3, 0.4) is 0 Å². The van der Waals surface area contributed by atoms with Gasteiger partial charge < -0.3 is 14.2 Å². The van der Waals surface area contributed by atoms with E-state index in [1.165, 1.54) is 0 Å². The van der Waals surface area contributed by atoms with Gasteiger partial charge in [0.25, 0.3) is 0 Å². The molecule has 0 spiro atoms. The Morgan fingerprint density at radius 3 is 2.94 bits per heavy atom. The van der Waals surface area contributed by atoms with Crippen molar-refractivity contribution in [3.8, 4) is 11.5 Å². The van der Waals surface area contributed by atoms with E-state index in [0.717, 1.165) is 22.2 Å². The first-order chi connectivity index (χ1) is 8.38. The molecule has 3 aromatic rings. The first kappa shape index (κ1) is 10.1. The second-order valence-electron chi connectivity index (χ2n) is 3.82. The molecule has 86 valence electrons. The predicted molar refractivity (Wildman–Crippen MR) is 64.5 cm³/mol. The summed E-state index contributed by atoms with van der Waals surface area (Å²) < 4.78 is 10.9. The van der Waals surface area contributed by atoms with E-state index < -0.39 is 0 Å². The number of hydrogen-bond acceptors (Lipinski definition) is 4. The van der Waals surface area contributed by atoms with Crippen molar-refractivity contribution >= 4 is 11.0 Å². The number of nitrogens with one attached hydrogen (secondary N) is 1. The summed E-state index contributed by atoms with van der Waals surface area (Å²) in [4.78, 5) is 4.40. The van der Waals surface area contributed by atoms with Gasteiger partial charge in [-0.15, -0.1) is 0 Å². The molecule has 1 aromatic carbocycles. The Morgan fingerprint density at radius 2 is 2.06 bits per heavy atom. The first-order valence-electron chi connectivity index (χ1n) is 5.44. The highest BCUT2D eigenvalue weighted by Crippen LogP contribution is 2.29. The van der Waals surface area contributed by atoms with Crippen molar-refractivity contribution in [1.29, 1.82) is 0 Å². The molecule has 0 unspecified atom stereocenters. The number of aromatic nitrogens is 1. The minimum absolute atomic E-state index is 0.597. The number of rotatable bonds is 3. The molecule has 17 heavy (non-hydrogen) atoms. The Labute approximate surface area is 98.3 Å². The molecule has 2 heterocycles. The fourth-order valence-corrected chi connectivity index (χ4v) is 1.84. The fraction of sp³-hybridized carbons (Fsp3) is 0.154. The summed E-state index contributed by atoms with van der Waals surface area (Å²) in [5.74, 6) is 0.597. The largest absolute Gasteiger partial charge is 0.463 e. The number of nitrogens with zero attached hydrogens (tertiary/aromatic N) is 1. The molecule has 2 aromatic heterocycles. The zero-order valence-corrected chi connectivity index (χ0v) is 9.43. The van der Waals surface area contributed by atoms with Gasteiger partial charge in [0.05, 0.1) is 11.3 Å². The number of fused-ring (bicyclic) bond motifs is 1. The highest BCUT2D eigenvalue weighted by atomic mass is 16.3. The summed E-state index contributed by atoms with van der Waals surface area (Å²) in [6.45, 7) is 0.694. The number of benzene rings is 1. The predicted octanol–water partition coefficient (Wildman–Crippen LogP) is 2.81. The molecule has 0 amide bonds. The van der Waals surface area contributed by atoms with Crippen molar-refractivity contribution in [3.05, 3.63) is 42.5 Å². The third kappa shape index (κ3) is 1.72. The zero-order chi connectivity index (χ0) is 11.7. The molecular formula is C13H12N2O2. The van der Waals surface area contributed by atoms with Crippen LogP contribution in [0.1, 0.15) is 5.69 Å². The van der Waals surface area contributed by atoms with Crippen molar-refractivity contribution in [3.63, 3.8) is 0 Å². The molecule has 4 nitrogen and oxygen atoms in total. The van der Waals surface area contributed by atoms with Crippen molar-refractivity contribution in [2.75, 3.05) is 7.05 Å². The lowest BCUT2D eigenvalue weighted by Crippen LogP contribution is -2.04. The van der Waals surface area contributed by atoms with Crippen molar-refractivity contribution < 1.29 is 8.83 Å². The lowest BCUT2D eigenvalue weighted by molar-refractivity contribution is 0.567. The maximum atomic E-state index is 5.46. The minimum Gasteiger partial charge on any atom is -0.463 e. The SMILES string of the molecule is CNCc1coc(-c2coc3ccccc23)n1. The van der Waals surface area contributed by atoms with Crippen LogP contribution in [0.5, 0.6) is 0 Å². The topological polar surface area (TPSA) is 51.2 Å².